The first-order valence-electron chi connectivity index (χ1n) is 11.5. The number of likely N-dealkylation sites (tertiary alicyclic amines) is 1. The van der Waals surface area contributed by atoms with Gasteiger partial charge in [0.15, 0.2) is 0 Å². The van der Waals surface area contributed by atoms with Gasteiger partial charge in [0.1, 0.15) is 0 Å². The van der Waals surface area contributed by atoms with Gasteiger partial charge in [-0.2, -0.15) is 0 Å². The van der Waals surface area contributed by atoms with E-state index in [-0.39, 0.29) is 23.8 Å². The summed E-state index contributed by atoms with van der Waals surface area (Å²) in [6.07, 6.45) is 5.99. The molecule has 0 bridgehead atoms. The summed E-state index contributed by atoms with van der Waals surface area (Å²) in [6.45, 7) is 7.12. The Kier molecular flexibility index (Phi) is 7.70. The highest BCUT2D eigenvalue weighted by atomic mass is 32.1. The minimum Gasteiger partial charge on any atom is -0.355 e. The van der Waals surface area contributed by atoms with E-state index in [9.17, 15) is 9.59 Å². The summed E-state index contributed by atoms with van der Waals surface area (Å²) in [5.74, 6) is 1.10. The largest absolute Gasteiger partial charge is 0.355 e. The van der Waals surface area contributed by atoms with Gasteiger partial charge in [-0.3, -0.25) is 14.5 Å². The van der Waals surface area contributed by atoms with E-state index in [2.05, 4.69) is 36.5 Å². The molecular weight excluding hydrogens is 424 g/mol. The fraction of sp³-hybridized carbons (Fsp3) is 0.565. The molecule has 1 unspecified atom stereocenters. The maximum atomic E-state index is 13.1. The van der Waals surface area contributed by atoms with Crippen LogP contribution in [0.2, 0.25) is 0 Å². The van der Waals surface area contributed by atoms with E-state index in [1.54, 1.807) is 23.7 Å². The molecule has 2 saturated heterocycles. The quantitative estimate of drug-likeness (QED) is 0.682. The van der Waals surface area contributed by atoms with Crippen molar-refractivity contribution in [2.75, 3.05) is 50.7 Å². The van der Waals surface area contributed by atoms with Gasteiger partial charge in [0.05, 0.1) is 6.04 Å². The average Bonchev–Trinajstić information content (AvgIpc) is 3.37. The number of carbonyl (C=O) groups is 2. The number of piperidine rings is 1. The van der Waals surface area contributed by atoms with Gasteiger partial charge >= 0.3 is 0 Å². The van der Waals surface area contributed by atoms with Gasteiger partial charge in [-0.25, -0.2) is 9.97 Å². The third-order valence-electron chi connectivity index (χ3n) is 6.48. The molecule has 0 spiro atoms. The molecule has 4 heterocycles. The van der Waals surface area contributed by atoms with Crippen molar-refractivity contribution in [1.82, 2.24) is 25.1 Å². The molecule has 9 heteroatoms. The van der Waals surface area contributed by atoms with Crippen LogP contribution in [0.15, 0.2) is 36.0 Å². The predicted molar refractivity (Wildman–Crippen MR) is 126 cm³/mol. The number of aromatic nitrogens is 2. The van der Waals surface area contributed by atoms with Crippen molar-refractivity contribution >= 4 is 29.1 Å². The SMILES string of the molecule is CC(C(=O)N1CCN(c2ncccn2)CC1)N1CCC(C(=O)NCCc2cccs2)CC1. The average molecular weight is 457 g/mol. The van der Waals surface area contributed by atoms with Crippen LogP contribution >= 0.6 is 11.3 Å². The van der Waals surface area contributed by atoms with Crippen LogP contribution in [-0.4, -0.2) is 83.4 Å². The third-order valence-corrected chi connectivity index (χ3v) is 7.42. The maximum Gasteiger partial charge on any atom is 0.239 e. The number of hydrogen-bond acceptors (Lipinski definition) is 7. The molecule has 2 amide bonds. The van der Waals surface area contributed by atoms with Crippen LogP contribution < -0.4 is 10.2 Å². The lowest BCUT2D eigenvalue weighted by molar-refractivity contribution is -0.137. The Hall–Kier alpha value is -2.52. The van der Waals surface area contributed by atoms with E-state index in [1.165, 1.54) is 4.88 Å². The van der Waals surface area contributed by atoms with Crippen molar-refractivity contribution in [3.05, 3.63) is 40.8 Å². The molecule has 0 radical (unpaired) electrons. The summed E-state index contributed by atoms with van der Waals surface area (Å²) >= 11 is 1.72. The molecule has 2 fully saturated rings. The van der Waals surface area contributed by atoms with Gasteiger partial charge in [0, 0.05) is 55.9 Å². The lowest BCUT2D eigenvalue weighted by atomic mass is 9.94. The molecule has 8 nitrogen and oxygen atoms in total. The Balaban J connectivity index is 1.18. The number of piperazine rings is 1. The van der Waals surface area contributed by atoms with Gasteiger partial charge in [-0.1, -0.05) is 6.07 Å². The van der Waals surface area contributed by atoms with Crippen LogP contribution in [0.25, 0.3) is 0 Å². The minimum atomic E-state index is -0.155. The summed E-state index contributed by atoms with van der Waals surface area (Å²) in [7, 11) is 0. The Labute approximate surface area is 193 Å². The van der Waals surface area contributed by atoms with Gasteiger partial charge in [-0.15, -0.1) is 11.3 Å². The Morgan fingerprint density at radius 1 is 1.09 bits per heavy atom. The van der Waals surface area contributed by atoms with Gasteiger partial charge in [-0.05, 0) is 56.8 Å². The van der Waals surface area contributed by atoms with Crippen LogP contribution in [0, 0.1) is 5.92 Å². The highest BCUT2D eigenvalue weighted by Crippen LogP contribution is 2.21. The topological polar surface area (TPSA) is 81.7 Å². The number of thiophene rings is 1. The van der Waals surface area contributed by atoms with Crippen molar-refractivity contribution < 1.29 is 9.59 Å². The zero-order chi connectivity index (χ0) is 22.3. The maximum absolute atomic E-state index is 13.1. The van der Waals surface area contributed by atoms with E-state index in [4.69, 9.17) is 0 Å². The molecule has 2 aromatic heterocycles. The predicted octanol–water partition coefficient (Wildman–Crippen LogP) is 1.65. The molecule has 2 aliphatic rings. The van der Waals surface area contributed by atoms with E-state index in [0.717, 1.165) is 51.4 Å². The molecule has 4 rings (SSSR count). The number of nitrogens with one attached hydrogen (secondary N) is 1. The summed E-state index contributed by atoms with van der Waals surface area (Å²) in [5.41, 5.74) is 0. The summed E-state index contributed by atoms with van der Waals surface area (Å²) in [6, 6.07) is 5.79. The second-order valence-electron chi connectivity index (χ2n) is 8.47. The molecule has 32 heavy (non-hydrogen) atoms. The summed E-state index contributed by atoms with van der Waals surface area (Å²) < 4.78 is 0. The van der Waals surface area contributed by atoms with Crippen LogP contribution in [-0.2, 0) is 16.0 Å². The fourth-order valence-electron chi connectivity index (χ4n) is 4.46. The second-order valence-corrected chi connectivity index (χ2v) is 9.50. The Morgan fingerprint density at radius 3 is 2.47 bits per heavy atom. The summed E-state index contributed by atoms with van der Waals surface area (Å²) in [4.78, 5) is 41.8. The van der Waals surface area contributed by atoms with E-state index in [0.29, 0.717) is 19.6 Å². The van der Waals surface area contributed by atoms with Crippen molar-refractivity contribution in [1.29, 1.82) is 0 Å². The molecule has 1 atom stereocenters. The van der Waals surface area contributed by atoms with Gasteiger partial charge in [0.25, 0.3) is 0 Å². The number of anilines is 1. The van der Waals surface area contributed by atoms with Gasteiger partial charge < -0.3 is 15.1 Å². The van der Waals surface area contributed by atoms with Crippen LogP contribution in [0.1, 0.15) is 24.6 Å². The lowest BCUT2D eigenvalue weighted by Gasteiger charge is -2.40. The van der Waals surface area contributed by atoms with E-state index in [1.807, 2.05) is 24.0 Å². The zero-order valence-corrected chi connectivity index (χ0v) is 19.5. The molecule has 0 aliphatic carbocycles. The molecule has 0 aromatic carbocycles. The molecule has 2 aromatic rings. The van der Waals surface area contributed by atoms with E-state index >= 15 is 0 Å². The lowest BCUT2D eigenvalue weighted by Crippen LogP contribution is -2.55. The fourth-order valence-corrected chi connectivity index (χ4v) is 5.17. The highest BCUT2D eigenvalue weighted by Gasteiger charge is 2.32. The second kappa shape index (κ2) is 10.9. The first kappa shape index (κ1) is 22.7. The molecule has 172 valence electrons. The molecule has 2 aliphatic heterocycles. The number of amides is 2. The number of nitrogens with zero attached hydrogens (tertiary/aromatic N) is 5. The first-order valence-corrected chi connectivity index (χ1v) is 12.3. The number of rotatable bonds is 7. The monoisotopic (exact) mass is 456 g/mol. The van der Waals surface area contributed by atoms with Crippen molar-refractivity contribution in [2.24, 2.45) is 5.92 Å². The highest BCUT2D eigenvalue weighted by molar-refractivity contribution is 7.09. The van der Waals surface area contributed by atoms with Crippen molar-refractivity contribution in [3.63, 3.8) is 0 Å². The minimum absolute atomic E-state index is 0.0475. The molecule has 0 saturated carbocycles. The number of carbonyl (C=O) groups excluding carboxylic acids is 2. The molecular formula is C23H32N6O2S. The van der Waals surface area contributed by atoms with Crippen LogP contribution in [0.5, 0.6) is 0 Å². The van der Waals surface area contributed by atoms with Crippen molar-refractivity contribution in [2.45, 2.75) is 32.2 Å². The van der Waals surface area contributed by atoms with Crippen LogP contribution in [0.4, 0.5) is 5.95 Å². The zero-order valence-electron chi connectivity index (χ0n) is 18.7. The summed E-state index contributed by atoms with van der Waals surface area (Å²) in [5, 5.41) is 5.15. The van der Waals surface area contributed by atoms with Crippen LogP contribution in [0.3, 0.4) is 0 Å². The molecule has 1 N–H and O–H groups in total. The third kappa shape index (κ3) is 5.63. The first-order chi connectivity index (χ1) is 15.6. The van der Waals surface area contributed by atoms with Gasteiger partial charge in [0.2, 0.25) is 17.8 Å². The smallest absolute Gasteiger partial charge is 0.239 e. The normalized spacial score (nSPS) is 19.0. The van der Waals surface area contributed by atoms with E-state index < -0.39 is 0 Å². The number of hydrogen-bond donors (Lipinski definition) is 1. The standard InChI is InChI=1S/C23H32N6O2S/c1-18(22(31)28-13-15-29(16-14-28)23-25-8-3-9-26-23)27-11-6-19(7-12-27)21(30)24-10-5-20-4-2-17-32-20/h2-4,8-9,17-19H,5-7,10-16H2,1H3,(H,24,30). The Morgan fingerprint density at radius 2 is 1.81 bits per heavy atom. The van der Waals surface area contributed by atoms with Crippen molar-refractivity contribution in [3.8, 4) is 0 Å². The Bertz CT molecular complexity index is 862.